The van der Waals surface area contributed by atoms with Crippen LogP contribution < -0.4 is 10.1 Å². The first-order valence-corrected chi connectivity index (χ1v) is 13.1. The Bertz CT molecular complexity index is 735. The van der Waals surface area contributed by atoms with Gasteiger partial charge < -0.3 is 20.6 Å². The van der Waals surface area contributed by atoms with E-state index in [1.807, 2.05) is 31.2 Å². The minimum Gasteiger partial charge on any atom is -0.494 e. The number of unbranched alkanes of at least 4 members (excludes halogenated alkanes) is 2. The molecule has 1 saturated heterocycles. The van der Waals surface area contributed by atoms with E-state index >= 15 is 0 Å². The van der Waals surface area contributed by atoms with Crippen molar-refractivity contribution in [1.82, 2.24) is 5.32 Å². The third kappa shape index (κ3) is 12.0. The number of sulfone groups is 1. The standard InChI is InChI=1S/C23H37NO5S.ClH.H2O/c1-2-3-16-30(27,28)18-21(23(25)26)17-20-7-9-22(10-8-20)29-15-5-4-6-19-11-13-24-14-12-19;;/h7-10,19,21,24H,2-6,11-18H2,1H3,(H,25,26);1H;1H2/t21-;;/m0../s1. The second-order valence-corrected chi connectivity index (χ2v) is 10.6. The number of nitrogens with one attached hydrogen (secondary N) is 1. The third-order valence-electron chi connectivity index (χ3n) is 5.75. The van der Waals surface area contributed by atoms with Gasteiger partial charge in [-0.15, -0.1) is 12.4 Å². The number of piperidine rings is 1. The number of carboxylic acids is 1. The van der Waals surface area contributed by atoms with E-state index in [1.54, 1.807) is 0 Å². The molecule has 1 aromatic carbocycles. The van der Waals surface area contributed by atoms with Gasteiger partial charge in [-0.3, -0.25) is 4.79 Å². The van der Waals surface area contributed by atoms with Crippen molar-refractivity contribution in [3.05, 3.63) is 29.8 Å². The van der Waals surface area contributed by atoms with Crippen LogP contribution in [0.3, 0.4) is 0 Å². The van der Waals surface area contributed by atoms with Crippen molar-refractivity contribution in [2.75, 3.05) is 31.2 Å². The van der Waals surface area contributed by atoms with Crippen molar-refractivity contribution in [3.8, 4) is 5.75 Å². The van der Waals surface area contributed by atoms with Crippen LogP contribution in [0.25, 0.3) is 0 Å². The summed E-state index contributed by atoms with van der Waals surface area (Å²) < 4.78 is 30.1. The lowest BCUT2D eigenvalue weighted by Crippen LogP contribution is -2.27. The number of aliphatic carboxylic acids is 1. The topological polar surface area (TPSA) is 124 Å². The largest absolute Gasteiger partial charge is 0.494 e. The molecular formula is C23H40ClNO6S. The number of halogens is 1. The molecule has 32 heavy (non-hydrogen) atoms. The summed E-state index contributed by atoms with van der Waals surface area (Å²) in [5, 5.41) is 12.8. The summed E-state index contributed by atoms with van der Waals surface area (Å²) in [6, 6.07) is 7.34. The van der Waals surface area contributed by atoms with Crippen LogP contribution >= 0.6 is 12.4 Å². The predicted molar refractivity (Wildman–Crippen MR) is 131 cm³/mol. The minimum absolute atomic E-state index is 0. The zero-order chi connectivity index (χ0) is 21.8. The Hall–Kier alpha value is -1.35. The average molecular weight is 494 g/mol. The molecule has 1 aromatic rings. The number of rotatable bonds is 14. The van der Waals surface area contributed by atoms with Crippen LogP contribution in [0.15, 0.2) is 24.3 Å². The highest BCUT2D eigenvalue weighted by atomic mass is 35.5. The molecular weight excluding hydrogens is 454 g/mol. The van der Waals surface area contributed by atoms with Crippen LogP contribution in [-0.2, 0) is 21.1 Å². The molecule has 0 aromatic heterocycles. The fourth-order valence-electron chi connectivity index (χ4n) is 3.87. The van der Waals surface area contributed by atoms with Crippen LogP contribution in [0.1, 0.15) is 57.4 Å². The second-order valence-electron chi connectivity index (χ2n) is 8.39. The van der Waals surface area contributed by atoms with E-state index in [9.17, 15) is 18.3 Å². The van der Waals surface area contributed by atoms with Gasteiger partial charge in [-0.05, 0) is 75.2 Å². The highest BCUT2D eigenvalue weighted by Gasteiger charge is 2.25. The van der Waals surface area contributed by atoms with Crippen LogP contribution in [0, 0.1) is 11.8 Å². The van der Waals surface area contributed by atoms with Crippen molar-refractivity contribution in [2.24, 2.45) is 11.8 Å². The molecule has 0 bridgehead atoms. The van der Waals surface area contributed by atoms with Crippen LogP contribution in [0.4, 0.5) is 0 Å². The molecule has 0 saturated carbocycles. The molecule has 1 fully saturated rings. The van der Waals surface area contributed by atoms with Gasteiger partial charge in [0.05, 0.1) is 24.0 Å². The summed E-state index contributed by atoms with van der Waals surface area (Å²) in [5.74, 6) is -0.630. The van der Waals surface area contributed by atoms with E-state index < -0.39 is 21.7 Å². The van der Waals surface area contributed by atoms with Crippen LogP contribution in [0.5, 0.6) is 5.75 Å². The average Bonchev–Trinajstić information content (AvgIpc) is 2.73. The summed E-state index contributed by atoms with van der Waals surface area (Å²) in [5.41, 5.74) is 0.811. The van der Waals surface area contributed by atoms with Crippen LogP contribution in [0.2, 0.25) is 0 Å². The Balaban J connectivity index is 0.00000480. The molecule has 7 nitrogen and oxygen atoms in total. The predicted octanol–water partition coefficient (Wildman–Crippen LogP) is 3.29. The normalized spacial score (nSPS) is 15.3. The number of carboxylic acid groups (broad SMARTS) is 1. The van der Waals surface area contributed by atoms with Gasteiger partial charge in [-0.2, -0.15) is 0 Å². The van der Waals surface area contributed by atoms with E-state index in [-0.39, 0.29) is 35.8 Å². The van der Waals surface area contributed by atoms with Gasteiger partial charge in [0, 0.05) is 0 Å². The molecule has 9 heteroatoms. The molecule has 1 aliphatic rings. The SMILES string of the molecule is CCCCS(=O)(=O)C[C@H](Cc1ccc(OCCCCC2CCNCC2)cc1)C(=O)O.Cl.O. The van der Waals surface area contributed by atoms with Gasteiger partial charge in [0.1, 0.15) is 5.75 Å². The van der Waals surface area contributed by atoms with Gasteiger partial charge in [-0.25, -0.2) is 8.42 Å². The zero-order valence-corrected chi connectivity index (χ0v) is 20.7. The van der Waals surface area contributed by atoms with E-state index in [1.165, 1.54) is 25.7 Å². The molecule has 0 amide bonds. The first-order chi connectivity index (χ1) is 14.4. The molecule has 0 unspecified atom stereocenters. The van der Waals surface area contributed by atoms with E-state index in [0.717, 1.165) is 43.2 Å². The number of hydrogen-bond donors (Lipinski definition) is 2. The maximum absolute atomic E-state index is 12.1. The van der Waals surface area contributed by atoms with Gasteiger partial charge in [0.25, 0.3) is 0 Å². The maximum Gasteiger partial charge on any atom is 0.307 e. The van der Waals surface area contributed by atoms with Crippen molar-refractivity contribution in [3.63, 3.8) is 0 Å². The Morgan fingerprint density at radius 1 is 1.16 bits per heavy atom. The molecule has 4 N–H and O–H groups in total. The number of benzene rings is 1. The third-order valence-corrected chi connectivity index (χ3v) is 7.57. The number of carbonyl (C=O) groups is 1. The first-order valence-electron chi connectivity index (χ1n) is 11.3. The smallest absolute Gasteiger partial charge is 0.307 e. The Kier molecular flexibility index (Phi) is 15.6. The second kappa shape index (κ2) is 16.3. The van der Waals surface area contributed by atoms with Gasteiger partial charge in [0.2, 0.25) is 0 Å². The van der Waals surface area contributed by atoms with Crippen molar-refractivity contribution in [2.45, 2.75) is 58.3 Å². The summed E-state index contributed by atoms with van der Waals surface area (Å²) in [7, 11) is -3.35. The fourth-order valence-corrected chi connectivity index (χ4v) is 5.64. The Labute approximate surface area is 199 Å². The lowest BCUT2D eigenvalue weighted by atomic mass is 9.93. The van der Waals surface area contributed by atoms with E-state index in [0.29, 0.717) is 13.0 Å². The molecule has 1 heterocycles. The Morgan fingerprint density at radius 3 is 2.41 bits per heavy atom. The molecule has 0 spiro atoms. The maximum atomic E-state index is 12.1. The van der Waals surface area contributed by atoms with Crippen molar-refractivity contribution >= 4 is 28.2 Å². The molecule has 1 aliphatic heterocycles. The van der Waals surface area contributed by atoms with E-state index in [2.05, 4.69) is 5.32 Å². The molecule has 0 radical (unpaired) electrons. The van der Waals surface area contributed by atoms with Crippen molar-refractivity contribution < 1.29 is 28.5 Å². The molecule has 2 rings (SSSR count). The highest BCUT2D eigenvalue weighted by Crippen LogP contribution is 2.20. The minimum atomic E-state index is -3.35. The first kappa shape index (κ1) is 30.6. The Morgan fingerprint density at radius 2 is 1.81 bits per heavy atom. The zero-order valence-electron chi connectivity index (χ0n) is 19.1. The lowest BCUT2D eigenvalue weighted by Gasteiger charge is -2.22. The summed E-state index contributed by atoms with van der Waals surface area (Å²) in [6.07, 6.45) is 7.57. The number of ether oxygens (including phenoxy) is 1. The molecule has 1 atom stereocenters. The van der Waals surface area contributed by atoms with Gasteiger partial charge >= 0.3 is 5.97 Å². The lowest BCUT2D eigenvalue weighted by molar-refractivity contribution is -0.140. The quantitative estimate of drug-likeness (QED) is 0.383. The molecule has 186 valence electrons. The van der Waals surface area contributed by atoms with E-state index in [4.69, 9.17) is 4.74 Å². The van der Waals surface area contributed by atoms with Gasteiger partial charge in [-0.1, -0.05) is 31.9 Å². The van der Waals surface area contributed by atoms with Crippen LogP contribution in [-0.4, -0.2) is 56.2 Å². The fraction of sp³-hybridized carbons (Fsp3) is 0.696. The number of hydrogen-bond acceptors (Lipinski definition) is 5. The van der Waals surface area contributed by atoms with Crippen molar-refractivity contribution in [1.29, 1.82) is 0 Å². The summed E-state index contributed by atoms with van der Waals surface area (Å²) in [4.78, 5) is 11.5. The summed E-state index contributed by atoms with van der Waals surface area (Å²) >= 11 is 0. The van der Waals surface area contributed by atoms with Gasteiger partial charge in [0.15, 0.2) is 9.84 Å². The summed E-state index contributed by atoms with van der Waals surface area (Å²) in [6.45, 7) is 4.88. The highest BCUT2D eigenvalue weighted by molar-refractivity contribution is 7.91. The molecule has 0 aliphatic carbocycles. The monoisotopic (exact) mass is 493 g/mol.